The summed E-state index contributed by atoms with van der Waals surface area (Å²) in [6, 6.07) is 0.0482. The number of aliphatic hydroxyl groups is 1. The van der Waals surface area contributed by atoms with Crippen molar-refractivity contribution < 1.29 is 9.90 Å². The summed E-state index contributed by atoms with van der Waals surface area (Å²) >= 11 is 0. The number of carbonyl (C=O) groups is 1. The second-order valence-electron chi connectivity index (χ2n) is 6.24. The normalized spacial score (nSPS) is 32.0. The van der Waals surface area contributed by atoms with Crippen LogP contribution in [0.3, 0.4) is 0 Å². The van der Waals surface area contributed by atoms with Crippen LogP contribution in [0.2, 0.25) is 0 Å². The SMILES string of the molecule is CC1(CO)CCCC1NC(=O)NCCC1CCC1. The topological polar surface area (TPSA) is 61.4 Å². The smallest absolute Gasteiger partial charge is 0.315 e. The molecule has 0 aliphatic heterocycles. The highest BCUT2D eigenvalue weighted by atomic mass is 16.3. The zero-order valence-electron chi connectivity index (χ0n) is 11.4. The zero-order chi connectivity index (χ0) is 13.0. The second kappa shape index (κ2) is 5.91. The minimum Gasteiger partial charge on any atom is -0.396 e. The number of amides is 2. The molecule has 0 aromatic heterocycles. The maximum atomic E-state index is 11.8. The first-order chi connectivity index (χ1) is 8.64. The lowest BCUT2D eigenvalue weighted by molar-refractivity contribution is 0.121. The van der Waals surface area contributed by atoms with Crippen molar-refractivity contribution in [3.8, 4) is 0 Å². The Kier molecular flexibility index (Phi) is 4.49. The minimum atomic E-state index is -0.134. The van der Waals surface area contributed by atoms with Gasteiger partial charge in [0.05, 0.1) is 6.61 Å². The van der Waals surface area contributed by atoms with Crippen LogP contribution in [0.25, 0.3) is 0 Å². The van der Waals surface area contributed by atoms with E-state index in [1.54, 1.807) is 0 Å². The number of rotatable bonds is 5. The summed E-state index contributed by atoms with van der Waals surface area (Å²) in [6.07, 6.45) is 8.18. The van der Waals surface area contributed by atoms with E-state index >= 15 is 0 Å². The molecule has 0 saturated heterocycles. The highest BCUT2D eigenvalue weighted by Crippen LogP contribution is 2.37. The van der Waals surface area contributed by atoms with Gasteiger partial charge in [0.15, 0.2) is 0 Å². The predicted molar refractivity (Wildman–Crippen MR) is 71.3 cm³/mol. The lowest BCUT2D eigenvalue weighted by atomic mass is 9.83. The molecule has 2 rings (SSSR count). The van der Waals surface area contributed by atoms with Gasteiger partial charge in [0.1, 0.15) is 0 Å². The molecule has 0 aromatic carbocycles. The summed E-state index contributed by atoms with van der Waals surface area (Å²) in [4.78, 5) is 11.8. The maximum absolute atomic E-state index is 11.8. The molecule has 3 N–H and O–H groups in total. The van der Waals surface area contributed by atoms with Gasteiger partial charge < -0.3 is 15.7 Å². The Labute approximate surface area is 110 Å². The van der Waals surface area contributed by atoms with E-state index < -0.39 is 0 Å². The van der Waals surface area contributed by atoms with E-state index in [9.17, 15) is 9.90 Å². The van der Waals surface area contributed by atoms with Crippen LogP contribution in [0, 0.1) is 11.3 Å². The molecule has 0 radical (unpaired) electrons. The molecular formula is C14H26N2O2. The first-order valence-corrected chi connectivity index (χ1v) is 7.29. The Hall–Kier alpha value is -0.770. The molecule has 0 heterocycles. The van der Waals surface area contributed by atoms with Gasteiger partial charge in [-0.1, -0.05) is 32.6 Å². The number of urea groups is 1. The molecule has 2 atom stereocenters. The van der Waals surface area contributed by atoms with Gasteiger partial charge in [-0.15, -0.1) is 0 Å². The van der Waals surface area contributed by atoms with Gasteiger partial charge in [-0.25, -0.2) is 4.79 Å². The van der Waals surface area contributed by atoms with Crippen LogP contribution in [0.15, 0.2) is 0 Å². The standard InChI is InChI=1S/C14H26N2O2/c1-14(10-17)8-3-6-12(14)16-13(18)15-9-7-11-4-2-5-11/h11-12,17H,2-10H2,1H3,(H2,15,16,18). The van der Waals surface area contributed by atoms with Crippen LogP contribution in [-0.2, 0) is 0 Å². The van der Waals surface area contributed by atoms with Crippen molar-refractivity contribution >= 4 is 6.03 Å². The van der Waals surface area contributed by atoms with Crippen LogP contribution < -0.4 is 10.6 Å². The first kappa shape index (κ1) is 13.7. The third-order valence-corrected chi connectivity index (χ3v) is 4.81. The van der Waals surface area contributed by atoms with Crippen molar-refractivity contribution in [2.24, 2.45) is 11.3 Å². The van der Waals surface area contributed by atoms with Crippen LogP contribution in [0.5, 0.6) is 0 Å². The van der Waals surface area contributed by atoms with E-state index in [-0.39, 0.29) is 24.1 Å². The molecule has 4 heteroatoms. The average Bonchev–Trinajstić information content (AvgIpc) is 2.65. The van der Waals surface area contributed by atoms with Gasteiger partial charge in [0, 0.05) is 18.0 Å². The fourth-order valence-electron chi connectivity index (χ4n) is 3.05. The molecule has 2 amide bonds. The van der Waals surface area contributed by atoms with Crippen molar-refractivity contribution in [3.63, 3.8) is 0 Å². The monoisotopic (exact) mass is 254 g/mol. The van der Waals surface area contributed by atoms with Gasteiger partial charge in [-0.3, -0.25) is 0 Å². The van der Waals surface area contributed by atoms with Gasteiger partial charge in [0.2, 0.25) is 0 Å². The summed E-state index contributed by atoms with van der Waals surface area (Å²) in [6.45, 7) is 2.98. The zero-order valence-corrected chi connectivity index (χ0v) is 11.4. The molecule has 104 valence electrons. The molecule has 2 fully saturated rings. The van der Waals surface area contributed by atoms with Crippen molar-refractivity contribution in [2.75, 3.05) is 13.2 Å². The van der Waals surface area contributed by atoms with Crippen molar-refractivity contribution in [2.45, 2.75) is 57.9 Å². The summed E-state index contributed by atoms with van der Waals surface area (Å²) in [5, 5.41) is 15.4. The Bertz CT molecular complexity index is 292. The number of aliphatic hydroxyl groups excluding tert-OH is 1. The minimum absolute atomic E-state index is 0.0686. The third-order valence-electron chi connectivity index (χ3n) is 4.81. The van der Waals surface area contributed by atoms with E-state index in [0.717, 1.165) is 38.1 Å². The molecule has 0 bridgehead atoms. The summed E-state index contributed by atoms with van der Waals surface area (Å²) in [5.74, 6) is 0.833. The number of hydrogen-bond acceptors (Lipinski definition) is 2. The number of nitrogens with one attached hydrogen (secondary N) is 2. The van der Waals surface area contributed by atoms with E-state index in [1.165, 1.54) is 19.3 Å². The second-order valence-corrected chi connectivity index (χ2v) is 6.24. The summed E-state index contributed by atoms with van der Waals surface area (Å²) in [7, 11) is 0. The fraction of sp³-hybridized carbons (Fsp3) is 0.929. The van der Waals surface area contributed by atoms with Crippen LogP contribution in [-0.4, -0.2) is 30.3 Å². The molecule has 18 heavy (non-hydrogen) atoms. The molecule has 2 aliphatic rings. The maximum Gasteiger partial charge on any atom is 0.315 e. The highest BCUT2D eigenvalue weighted by molar-refractivity contribution is 5.74. The molecule has 0 spiro atoms. The van der Waals surface area contributed by atoms with Crippen molar-refractivity contribution in [1.29, 1.82) is 0 Å². The van der Waals surface area contributed by atoms with Crippen molar-refractivity contribution in [3.05, 3.63) is 0 Å². The molecule has 4 nitrogen and oxygen atoms in total. The number of carbonyl (C=O) groups excluding carboxylic acids is 1. The van der Waals surface area contributed by atoms with Crippen LogP contribution >= 0.6 is 0 Å². The predicted octanol–water partition coefficient (Wildman–Crippen LogP) is 2.03. The Balaban J connectivity index is 1.66. The van der Waals surface area contributed by atoms with Crippen molar-refractivity contribution in [1.82, 2.24) is 10.6 Å². The largest absolute Gasteiger partial charge is 0.396 e. The van der Waals surface area contributed by atoms with Gasteiger partial charge in [0.25, 0.3) is 0 Å². The lowest BCUT2D eigenvalue weighted by Crippen LogP contribution is -2.48. The highest BCUT2D eigenvalue weighted by Gasteiger charge is 2.39. The average molecular weight is 254 g/mol. The molecule has 0 aromatic rings. The van der Waals surface area contributed by atoms with E-state index in [0.29, 0.717) is 0 Å². The molecule has 2 unspecified atom stereocenters. The lowest BCUT2D eigenvalue weighted by Gasteiger charge is -2.30. The quantitative estimate of drug-likeness (QED) is 0.703. The van der Waals surface area contributed by atoms with Crippen LogP contribution in [0.4, 0.5) is 4.79 Å². The molecular weight excluding hydrogens is 228 g/mol. The van der Waals surface area contributed by atoms with E-state index in [1.807, 2.05) is 0 Å². The van der Waals surface area contributed by atoms with E-state index in [4.69, 9.17) is 0 Å². The van der Waals surface area contributed by atoms with Gasteiger partial charge in [-0.05, 0) is 25.2 Å². The van der Waals surface area contributed by atoms with Gasteiger partial charge >= 0.3 is 6.03 Å². The molecule has 2 aliphatic carbocycles. The van der Waals surface area contributed by atoms with Gasteiger partial charge in [-0.2, -0.15) is 0 Å². The first-order valence-electron chi connectivity index (χ1n) is 7.29. The summed E-state index contributed by atoms with van der Waals surface area (Å²) in [5.41, 5.74) is -0.134. The summed E-state index contributed by atoms with van der Waals surface area (Å²) < 4.78 is 0. The van der Waals surface area contributed by atoms with Crippen LogP contribution in [0.1, 0.15) is 51.9 Å². The molecule has 2 saturated carbocycles. The fourth-order valence-corrected chi connectivity index (χ4v) is 3.05. The third kappa shape index (κ3) is 3.16. The Morgan fingerprint density at radius 3 is 2.72 bits per heavy atom. The Morgan fingerprint density at radius 2 is 2.11 bits per heavy atom. The Morgan fingerprint density at radius 1 is 1.33 bits per heavy atom. The van der Waals surface area contributed by atoms with E-state index in [2.05, 4.69) is 17.6 Å². The number of hydrogen-bond donors (Lipinski definition) is 3.